The molecule has 10 heteroatoms. The van der Waals surface area contributed by atoms with Crippen LogP contribution >= 0.6 is 0 Å². The van der Waals surface area contributed by atoms with Crippen molar-refractivity contribution in [2.45, 2.75) is 45.6 Å². The molecule has 2 aromatic carbocycles. The number of nitrogens with zero attached hydrogens (tertiary/aromatic N) is 1. The van der Waals surface area contributed by atoms with Gasteiger partial charge in [0, 0.05) is 31.3 Å². The lowest BCUT2D eigenvalue weighted by Gasteiger charge is -2.30. The summed E-state index contributed by atoms with van der Waals surface area (Å²) in [5, 5.41) is 6.21. The highest BCUT2D eigenvalue weighted by Crippen LogP contribution is 2.16. The predicted molar refractivity (Wildman–Crippen MR) is 142 cm³/mol. The SMILES string of the molecule is C=C(NC(C(=O)N(C)CCC(C)=O)C(C)NC(=O)c1ccc2c(c1)BOC2)c1ccc2c(c1)BOC2. The fraction of sp³-hybridized carbons (Fsp3) is 0.346. The van der Waals surface area contributed by atoms with Crippen molar-refractivity contribution >= 4 is 49.2 Å². The quantitative estimate of drug-likeness (QED) is 0.455. The van der Waals surface area contributed by atoms with Crippen LogP contribution in [0.4, 0.5) is 0 Å². The van der Waals surface area contributed by atoms with Crippen LogP contribution in [0, 0.1) is 0 Å². The lowest BCUT2D eigenvalue weighted by atomic mass is 9.85. The van der Waals surface area contributed by atoms with Gasteiger partial charge in [0.25, 0.3) is 5.91 Å². The van der Waals surface area contributed by atoms with E-state index in [0.29, 0.717) is 46.0 Å². The van der Waals surface area contributed by atoms with Crippen LogP contribution < -0.4 is 21.6 Å². The molecule has 2 aromatic rings. The zero-order valence-corrected chi connectivity index (χ0v) is 21.1. The highest BCUT2D eigenvalue weighted by molar-refractivity contribution is 6.49. The van der Waals surface area contributed by atoms with E-state index in [9.17, 15) is 14.4 Å². The second-order valence-corrected chi connectivity index (χ2v) is 9.53. The molecular weight excluding hydrogens is 456 g/mol. The smallest absolute Gasteiger partial charge is 0.309 e. The van der Waals surface area contributed by atoms with Crippen molar-refractivity contribution < 1.29 is 23.7 Å². The number of Topliss-reactive ketones (excluding diaryl/α,β-unsaturated/α-hetero) is 1. The van der Waals surface area contributed by atoms with E-state index < -0.39 is 12.1 Å². The number of fused-ring (bicyclic) bond motifs is 2. The minimum atomic E-state index is -0.791. The zero-order valence-electron chi connectivity index (χ0n) is 21.1. The fourth-order valence-electron chi connectivity index (χ4n) is 4.39. The van der Waals surface area contributed by atoms with E-state index in [1.807, 2.05) is 30.3 Å². The number of hydrogen-bond donors (Lipinski definition) is 2. The van der Waals surface area contributed by atoms with Gasteiger partial charge in [0.15, 0.2) is 0 Å². The molecule has 186 valence electrons. The summed E-state index contributed by atoms with van der Waals surface area (Å²) in [5.74, 6) is -0.508. The lowest BCUT2D eigenvalue weighted by molar-refractivity contribution is -0.132. The molecule has 2 aliphatic rings. The number of carbonyl (C=O) groups is 3. The van der Waals surface area contributed by atoms with Gasteiger partial charge in [-0.1, -0.05) is 36.9 Å². The van der Waals surface area contributed by atoms with Gasteiger partial charge in [-0.15, -0.1) is 0 Å². The fourth-order valence-corrected chi connectivity index (χ4v) is 4.39. The highest BCUT2D eigenvalue weighted by atomic mass is 16.4. The summed E-state index contributed by atoms with van der Waals surface area (Å²) >= 11 is 0. The van der Waals surface area contributed by atoms with Crippen molar-refractivity contribution in [3.63, 3.8) is 0 Å². The molecular formula is C26H31B2N3O5. The lowest BCUT2D eigenvalue weighted by Crippen LogP contribution is -2.56. The summed E-state index contributed by atoms with van der Waals surface area (Å²) in [6.07, 6.45) is 0.263. The zero-order chi connectivity index (χ0) is 25.8. The summed E-state index contributed by atoms with van der Waals surface area (Å²) in [5.41, 5.74) is 6.25. The maximum absolute atomic E-state index is 13.4. The van der Waals surface area contributed by atoms with E-state index >= 15 is 0 Å². The first kappa shape index (κ1) is 25.7. The first-order chi connectivity index (χ1) is 17.2. The molecule has 0 bridgehead atoms. The van der Waals surface area contributed by atoms with Gasteiger partial charge in [-0.05, 0) is 47.5 Å². The molecule has 2 atom stereocenters. The Morgan fingerprint density at radius 2 is 1.58 bits per heavy atom. The van der Waals surface area contributed by atoms with Crippen LogP contribution in [0.15, 0.2) is 43.0 Å². The number of rotatable bonds is 10. The Balaban J connectivity index is 1.51. The molecule has 2 aliphatic heterocycles. The second-order valence-electron chi connectivity index (χ2n) is 9.53. The molecule has 0 saturated heterocycles. The van der Waals surface area contributed by atoms with E-state index in [0.717, 1.165) is 27.6 Å². The van der Waals surface area contributed by atoms with Crippen molar-refractivity contribution in [2.75, 3.05) is 13.6 Å². The molecule has 0 spiro atoms. The van der Waals surface area contributed by atoms with E-state index in [2.05, 4.69) is 17.2 Å². The molecule has 0 aromatic heterocycles. The van der Waals surface area contributed by atoms with Gasteiger partial charge in [-0.2, -0.15) is 0 Å². The normalized spacial score (nSPS) is 15.0. The molecule has 2 unspecified atom stereocenters. The molecule has 2 amide bonds. The van der Waals surface area contributed by atoms with Crippen LogP contribution in [-0.4, -0.2) is 63.1 Å². The summed E-state index contributed by atoms with van der Waals surface area (Å²) in [4.78, 5) is 39.5. The molecule has 0 aliphatic carbocycles. The predicted octanol–water partition coefficient (Wildman–Crippen LogP) is -0.114. The topological polar surface area (TPSA) is 97.0 Å². The van der Waals surface area contributed by atoms with Gasteiger partial charge in [0.2, 0.25) is 5.91 Å². The Bertz CT molecular complexity index is 1200. The van der Waals surface area contributed by atoms with Crippen LogP contribution in [0.1, 0.15) is 47.3 Å². The standard InChI is InChI=1S/C26H31B2N3O5/c1-15(32)9-10-31(4)26(34)24(29-16(2)18-5-7-20-13-35-27-22(20)11-18)17(3)30-25(33)19-6-8-21-14-36-28-23(21)12-19/h5-8,11-12,17,24,27-29H,2,9-10,13-14H2,1,3-4H3,(H,30,33). The summed E-state index contributed by atoms with van der Waals surface area (Å²) in [6.45, 7) is 8.88. The minimum Gasteiger partial charge on any atom is -0.430 e. The molecule has 0 saturated carbocycles. The Hall–Kier alpha value is -3.36. The Morgan fingerprint density at radius 1 is 1.00 bits per heavy atom. The van der Waals surface area contributed by atoms with E-state index in [-0.39, 0.29) is 24.0 Å². The number of carbonyl (C=O) groups excluding carboxylic acids is 3. The number of amides is 2. The first-order valence-electron chi connectivity index (χ1n) is 12.1. The van der Waals surface area contributed by atoms with Gasteiger partial charge >= 0.3 is 15.0 Å². The third kappa shape index (κ3) is 5.88. The van der Waals surface area contributed by atoms with Gasteiger partial charge in [0.05, 0.1) is 19.3 Å². The van der Waals surface area contributed by atoms with Crippen molar-refractivity contribution in [3.8, 4) is 0 Å². The Kier molecular flexibility index (Phi) is 7.96. The van der Waals surface area contributed by atoms with Crippen LogP contribution in [-0.2, 0) is 32.1 Å². The summed E-state index contributed by atoms with van der Waals surface area (Å²) in [7, 11) is 2.69. The molecule has 8 nitrogen and oxygen atoms in total. The summed E-state index contributed by atoms with van der Waals surface area (Å²) < 4.78 is 11.0. The third-order valence-electron chi connectivity index (χ3n) is 6.68. The second kappa shape index (κ2) is 11.1. The van der Waals surface area contributed by atoms with E-state index in [1.165, 1.54) is 11.8 Å². The van der Waals surface area contributed by atoms with Gasteiger partial charge in [-0.25, -0.2) is 0 Å². The number of benzene rings is 2. The molecule has 2 heterocycles. The van der Waals surface area contributed by atoms with Crippen molar-refractivity contribution in [1.82, 2.24) is 15.5 Å². The Morgan fingerprint density at radius 3 is 2.19 bits per heavy atom. The average molecular weight is 487 g/mol. The largest absolute Gasteiger partial charge is 0.430 e. The van der Waals surface area contributed by atoms with E-state index in [4.69, 9.17) is 9.31 Å². The maximum Gasteiger partial charge on any atom is 0.309 e. The molecule has 4 rings (SSSR count). The van der Waals surface area contributed by atoms with Crippen LogP contribution in [0.25, 0.3) is 5.70 Å². The number of hydrogen-bond acceptors (Lipinski definition) is 6. The monoisotopic (exact) mass is 487 g/mol. The minimum absolute atomic E-state index is 0.00543. The van der Waals surface area contributed by atoms with Gasteiger partial charge in [0.1, 0.15) is 11.8 Å². The Labute approximate surface area is 213 Å². The van der Waals surface area contributed by atoms with Crippen molar-refractivity contribution in [3.05, 3.63) is 65.2 Å². The molecule has 2 N–H and O–H groups in total. The number of nitrogens with one attached hydrogen (secondary N) is 2. The van der Waals surface area contributed by atoms with Crippen LogP contribution in [0.3, 0.4) is 0 Å². The maximum atomic E-state index is 13.4. The van der Waals surface area contributed by atoms with Gasteiger partial charge < -0.3 is 24.8 Å². The van der Waals surface area contributed by atoms with Gasteiger partial charge in [-0.3, -0.25) is 14.4 Å². The average Bonchev–Trinajstić information content (AvgIpc) is 3.53. The van der Waals surface area contributed by atoms with E-state index in [1.54, 1.807) is 20.0 Å². The number of likely N-dealkylation sites (N-methyl/N-ethyl adjacent to an activating group) is 1. The molecule has 0 fully saturated rings. The third-order valence-corrected chi connectivity index (χ3v) is 6.68. The van der Waals surface area contributed by atoms with Crippen LogP contribution in [0.2, 0.25) is 0 Å². The van der Waals surface area contributed by atoms with Crippen molar-refractivity contribution in [2.24, 2.45) is 0 Å². The van der Waals surface area contributed by atoms with Crippen molar-refractivity contribution in [1.29, 1.82) is 0 Å². The molecule has 36 heavy (non-hydrogen) atoms. The summed E-state index contributed by atoms with van der Waals surface area (Å²) in [6, 6.07) is 10.1. The molecule has 0 radical (unpaired) electrons. The van der Waals surface area contributed by atoms with Crippen LogP contribution in [0.5, 0.6) is 0 Å². The highest BCUT2D eigenvalue weighted by Gasteiger charge is 2.30. The number of ketones is 1. The first-order valence-corrected chi connectivity index (χ1v) is 12.1.